The summed E-state index contributed by atoms with van der Waals surface area (Å²) in [5.74, 6) is 0.00816. The van der Waals surface area contributed by atoms with Crippen LogP contribution in [-0.2, 0) is 4.79 Å². The van der Waals surface area contributed by atoms with Gasteiger partial charge in [0.15, 0.2) is 0 Å². The molecule has 136 valence electrons. The summed E-state index contributed by atoms with van der Waals surface area (Å²) in [7, 11) is 0. The standard InChI is InChI=1S/C18H14FN5OS2/c1-11(16(25)22-17-13(10-20)8-9-26-17)27-18-21-15(23-24-18)7-4-12-2-5-14(19)6-3-12/h2-9,11H,1H3,(H,22,25)(H,21,23,24)/b7-4-/t11-/m0/s1. The van der Waals surface area contributed by atoms with Crippen LogP contribution >= 0.6 is 23.1 Å². The van der Waals surface area contributed by atoms with E-state index >= 15 is 0 Å². The Labute approximate surface area is 163 Å². The maximum absolute atomic E-state index is 12.9. The van der Waals surface area contributed by atoms with E-state index in [-0.39, 0.29) is 11.7 Å². The molecule has 2 N–H and O–H groups in total. The largest absolute Gasteiger partial charge is 0.316 e. The zero-order valence-corrected chi connectivity index (χ0v) is 15.8. The number of nitrogens with zero attached hydrogens (tertiary/aromatic N) is 3. The highest BCUT2D eigenvalue weighted by molar-refractivity contribution is 8.00. The van der Waals surface area contributed by atoms with Crippen molar-refractivity contribution >= 4 is 46.2 Å². The number of aromatic nitrogens is 3. The number of nitriles is 1. The quantitative estimate of drug-likeness (QED) is 0.607. The van der Waals surface area contributed by atoms with Crippen LogP contribution in [0.2, 0.25) is 0 Å². The summed E-state index contributed by atoms with van der Waals surface area (Å²) in [5, 5.41) is 20.9. The Balaban J connectivity index is 1.59. The molecule has 0 aliphatic rings. The number of thiophene rings is 1. The van der Waals surface area contributed by atoms with Gasteiger partial charge in [-0.2, -0.15) is 5.26 Å². The Kier molecular flexibility index (Phi) is 6.01. The van der Waals surface area contributed by atoms with Crippen LogP contribution < -0.4 is 5.32 Å². The van der Waals surface area contributed by atoms with Crippen molar-refractivity contribution in [1.29, 1.82) is 5.26 Å². The Morgan fingerprint density at radius 2 is 2.15 bits per heavy atom. The van der Waals surface area contributed by atoms with E-state index in [1.54, 1.807) is 42.7 Å². The molecular weight excluding hydrogens is 385 g/mol. The van der Waals surface area contributed by atoms with E-state index in [2.05, 4.69) is 20.5 Å². The zero-order valence-electron chi connectivity index (χ0n) is 14.1. The molecule has 0 saturated carbocycles. The summed E-state index contributed by atoms with van der Waals surface area (Å²) >= 11 is 2.51. The normalized spacial score (nSPS) is 12.0. The third kappa shape index (κ3) is 5.03. The average molecular weight is 399 g/mol. The Hall–Kier alpha value is -2.96. The van der Waals surface area contributed by atoms with Crippen LogP contribution in [-0.4, -0.2) is 26.3 Å². The van der Waals surface area contributed by atoms with Crippen LogP contribution in [0.5, 0.6) is 0 Å². The number of hydrogen-bond donors (Lipinski definition) is 2. The smallest absolute Gasteiger partial charge is 0.238 e. The van der Waals surface area contributed by atoms with Gasteiger partial charge in [0, 0.05) is 0 Å². The van der Waals surface area contributed by atoms with Crippen molar-refractivity contribution in [1.82, 2.24) is 15.2 Å². The van der Waals surface area contributed by atoms with Gasteiger partial charge in [-0.1, -0.05) is 30.0 Å². The maximum atomic E-state index is 12.9. The molecule has 0 fully saturated rings. The van der Waals surface area contributed by atoms with Crippen molar-refractivity contribution in [2.45, 2.75) is 17.3 Å². The van der Waals surface area contributed by atoms with Crippen molar-refractivity contribution in [3.05, 3.63) is 58.5 Å². The number of carbonyl (C=O) groups is 1. The van der Waals surface area contributed by atoms with Crippen LogP contribution in [0.25, 0.3) is 12.2 Å². The molecule has 9 heteroatoms. The number of hydrogen-bond acceptors (Lipinski definition) is 6. The summed E-state index contributed by atoms with van der Waals surface area (Å²) in [5.41, 5.74) is 1.27. The molecule has 1 amide bonds. The third-order valence-corrected chi connectivity index (χ3v) is 5.25. The molecule has 0 aliphatic carbocycles. The van der Waals surface area contributed by atoms with Gasteiger partial charge in [0.2, 0.25) is 11.1 Å². The summed E-state index contributed by atoms with van der Waals surface area (Å²) in [4.78, 5) is 16.6. The number of benzene rings is 1. The van der Waals surface area contributed by atoms with E-state index in [0.717, 1.165) is 5.56 Å². The first-order valence-electron chi connectivity index (χ1n) is 7.86. The Morgan fingerprint density at radius 1 is 1.37 bits per heavy atom. The fraction of sp³-hybridized carbons (Fsp3) is 0.111. The predicted octanol–water partition coefficient (Wildman–Crippen LogP) is 4.17. The van der Waals surface area contributed by atoms with Crippen molar-refractivity contribution in [3.63, 3.8) is 0 Å². The molecular formula is C18H14FN5OS2. The van der Waals surface area contributed by atoms with E-state index in [1.807, 2.05) is 6.07 Å². The fourth-order valence-electron chi connectivity index (χ4n) is 2.05. The molecule has 2 aromatic heterocycles. The van der Waals surface area contributed by atoms with Gasteiger partial charge < -0.3 is 5.32 Å². The van der Waals surface area contributed by atoms with Gasteiger partial charge in [-0.15, -0.1) is 16.4 Å². The first kappa shape index (κ1) is 18.8. The monoisotopic (exact) mass is 399 g/mol. The van der Waals surface area contributed by atoms with Gasteiger partial charge in [-0.3, -0.25) is 9.89 Å². The van der Waals surface area contributed by atoms with Gasteiger partial charge >= 0.3 is 0 Å². The average Bonchev–Trinajstić information content (AvgIpc) is 3.30. The van der Waals surface area contributed by atoms with Gasteiger partial charge in [0.25, 0.3) is 0 Å². The number of amides is 1. The lowest BCUT2D eigenvalue weighted by atomic mass is 10.2. The predicted molar refractivity (Wildman–Crippen MR) is 105 cm³/mol. The molecule has 0 spiro atoms. The number of thioether (sulfide) groups is 1. The zero-order chi connectivity index (χ0) is 19.2. The van der Waals surface area contributed by atoms with E-state index in [9.17, 15) is 9.18 Å². The molecule has 27 heavy (non-hydrogen) atoms. The maximum Gasteiger partial charge on any atom is 0.238 e. The topological polar surface area (TPSA) is 94.5 Å². The fourth-order valence-corrected chi connectivity index (χ4v) is 3.53. The highest BCUT2D eigenvalue weighted by Gasteiger charge is 2.18. The summed E-state index contributed by atoms with van der Waals surface area (Å²) in [6, 6.07) is 9.77. The van der Waals surface area contributed by atoms with Gasteiger partial charge in [0.1, 0.15) is 22.7 Å². The SMILES string of the molecule is C[C@H](Sc1n[nH]c(/C=C\c2ccc(F)cc2)n1)C(=O)Nc1sccc1C#N. The summed E-state index contributed by atoms with van der Waals surface area (Å²) < 4.78 is 12.9. The Bertz CT molecular complexity index is 1000. The van der Waals surface area contributed by atoms with Crippen molar-refractivity contribution in [2.24, 2.45) is 0 Å². The van der Waals surface area contributed by atoms with Crippen LogP contribution in [0.4, 0.5) is 9.39 Å². The van der Waals surface area contributed by atoms with Gasteiger partial charge in [-0.05, 0) is 42.1 Å². The molecule has 0 saturated heterocycles. The molecule has 0 bridgehead atoms. The minimum absolute atomic E-state index is 0.229. The minimum Gasteiger partial charge on any atom is -0.316 e. The second-order valence-corrected chi connectivity index (χ2v) is 7.64. The number of halogens is 1. The second-order valence-electron chi connectivity index (χ2n) is 5.41. The number of aromatic amines is 1. The molecule has 6 nitrogen and oxygen atoms in total. The molecule has 1 aromatic carbocycles. The first-order valence-corrected chi connectivity index (χ1v) is 9.62. The van der Waals surface area contributed by atoms with Crippen molar-refractivity contribution in [2.75, 3.05) is 5.32 Å². The van der Waals surface area contributed by atoms with E-state index < -0.39 is 5.25 Å². The third-order valence-electron chi connectivity index (χ3n) is 3.46. The Morgan fingerprint density at radius 3 is 2.89 bits per heavy atom. The minimum atomic E-state index is -0.441. The lowest BCUT2D eigenvalue weighted by Crippen LogP contribution is -2.22. The summed E-state index contributed by atoms with van der Waals surface area (Å²) in [6.45, 7) is 1.74. The number of nitrogens with one attached hydrogen (secondary N) is 2. The number of rotatable bonds is 6. The molecule has 0 radical (unpaired) electrons. The van der Waals surface area contributed by atoms with Crippen LogP contribution in [0, 0.1) is 17.1 Å². The number of anilines is 1. The molecule has 0 aliphatic heterocycles. The van der Waals surface area contributed by atoms with Gasteiger partial charge in [0.05, 0.1) is 10.8 Å². The lowest BCUT2D eigenvalue weighted by molar-refractivity contribution is -0.115. The van der Waals surface area contributed by atoms with E-state index in [0.29, 0.717) is 21.5 Å². The highest BCUT2D eigenvalue weighted by atomic mass is 32.2. The first-order chi connectivity index (χ1) is 13.0. The molecule has 3 rings (SSSR count). The van der Waals surface area contributed by atoms with Crippen LogP contribution in [0.15, 0.2) is 40.9 Å². The van der Waals surface area contributed by atoms with E-state index in [4.69, 9.17) is 5.26 Å². The van der Waals surface area contributed by atoms with Crippen LogP contribution in [0.1, 0.15) is 23.9 Å². The molecule has 2 heterocycles. The van der Waals surface area contributed by atoms with Crippen molar-refractivity contribution < 1.29 is 9.18 Å². The highest BCUT2D eigenvalue weighted by Crippen LogP contribution is 2.25. The molecule has 3 aromatic rings. The lowest BCUT2D eigenvalue weighted by Gasteiger charge is -2.08. The van der Waals surface area contributed by atoms with Crippen LogP contribution in [0.3, 0.4) is 0 Å². The second kappa shape index (κ2) is 8.62. The summed E-state index contributed by atoms with van der Waals surface area (Å²) in [6.07, 6.45) is 3.50. The molecule has 0 unspecified atom stereocenters. The van der Waals surface area contributed by atoms with Crippen molar-refractivity contribution in [3.8, 4) is 6.07 Å². The van der Waals surface area contributed by atoms with Gasteiger partial charge in [-0.25, -0.2) is 9.37 Å². The molecule has 1 atom stereocenters. The number of carbonyl (C=O) groups excluding carboxylic acids is 1. The number of H-pyrrole nitrogens is 1. The van der Waals surface area contributed by atoms with E-state index in [1.165, 1.54) is 35.2 Å².